The molecule has 1 unspecified atom stereocenters. The van der Waals surface area contributed by atoms with Crippen LogP contribution in [0.5, 0.6) is 17.2 Å². The molecule has 360 valence electrons. The highest BCUT2D eigenvalue weighted by Crippen LogP contribution is 2.62. The number of amides is 1. The third kappa shape index (κ3) is 13.2. The second kappa shape index (κ2) is 25.9. The van der Waals surface area contributed by atoms with Gasteiger partial charge in [0, 0.05) is 44.6 Å². The molecule has 2 fully saturated rings. The summed E-state index contributed by atoms with van der Waals surface area (Å²) in [5, 5.41) is 24.9. The number of unbranched alkanes of at least 4 members (excludes halogenated alkanes) is 11. The first-order chi connectivity index (χ1) is 31.7. The van der Waals surface area contributed by atoms with Crippen molar-refractivity contribution < 1.29 is 43.5 Å². The van der Waals surface area contributed by atoms with Gasteiger partial charge in [0.2, 0.25) is 12.1 Å². The van der Waals surface area contributed by atoms with E-state index in [2.05, 4.69) is 51.6 Å². The Morgan fingerprint density at radius 1 is 0.892 bits per heavy atom. The SMILES string of the molecule is C=CCO[C@@]12Oc3ccc(Oc4ccc(C)c(C)c4)cc3[C@H]3[C@H](CCCCO)[C@@H](CCCCO)C=C(C(=NOC4CCCCO4)C[C@@H]1N(C)C(=O)OCCCCCCCCCCCC)[C@H]32. The molecule has 1 saturated heterocycles. The highest BCUT2D eigenvalue weighted by Gasteiger charge is 2.65. The Hall–Kier alpha value is -3.90. The van der Waals surface area contributed by atoms with Crippen LogP contribution in [0.4, 0.5) is 4.79 Å². The van der Waals surface area contributed by atoms with Crippen molar-refractivity contribution in [3.8, 4) is 17.2 Å². The number of hydrogen-bond donors (Lipinski definition) is 2. The van der Waals surface area contributed by atoms with E-state index in [1.807, 2.05) is 18.2 Å². The molecule has 65 heavy (non-hydrogen) atoms. The summed E-state index contributed by atoms with van der Waals surface area (Å²) in [5.74, 6) is 0.386. The van der Waals surface area contributed by atoms with Crippen molar-refractivity contribution >= 4 is 11.8 Å². The summed E-state index contributed by atoms with van der Waals surface area (Å²) in [5.41, 5.74) is 5.07. The highest BCUT2D eigenvalue weighted by atomic mass is 16.8. The number of aliphatic hydroxyl groups is 2. The van der Waals surface area contributed by atoms with Crippen molar-refractivity contribution in [3.63, 3.8) is 0 Å². The van der Waals surface area contributed by atoms with Crippen LogP contribution in [-0.4, -0.2) is 85.1 Å². The lowest BCUT2D eigenvalue weighted by Gasteiger charge is -2.59. The molecule has 2 N–H and O–H groups in total. The molecule has 2 aliphatic heterocycles. The van der Waals surface area contributed by atoms with Gasteiger partial charge in [0.05, 0.1) is 31.5 Å². The Morgan fingerprint density at radius 2 is 1.60 bits per heavy atom. The van der Waals surface area contributed by atoms with Crippen LogP contribution in [0.2, 0.25) is 0 Å². The molecular formula is C54H80N2O9. The van der Waals surface area contributed by atoms with E-state index in [0.717, 1.165) is 92.4 Å². The molecular weight excluding hydrogens is 821 g/mol. The van der Waals surface area contributed by atoms with E-state index in [4.69, 9.17) is 33.7 Å². The van der Waals surface area contributed by atoms with Gasteiger partial charge in [-0.3, -0.25) is 0 Å². The van der Waals surface area contributed by atoms with Crippen LogP contribution in [0.15, 0.2) is 65.9 Å². The monoisotopic (exact) mass is 901 g/mol. The van der Waals surface area contributed by atoms with Gasteiger partial charge in [-0.2, -0.15) is 0 Å². The molecule has 1 saturated carbocycles. The summed E-state index contributed by atoms with van der Waals surface area (Å²) < 4.78 is 33.0. The fourth-order valence-electron chi connectivity index (χ4n) is 10.6. The van der Waals surface area contributed by atoms with E-state index in [0.29, 0.717) is 44.0 Å². The number of carbonyl (C=O) groups excluding carboxylic acids is 1. The Kier molecular flexibility index (Phi) is 20.1. The molecule has 2 aliphatic carbocycles. The van der Waals surface area contributed by atoms with Crippen molar-refractivity contribution in [3.05, 3.63) is 77.4 Å². The maximum absolute atomic E-state index is 14.3. The van der Waals surface area contributed by atoms with Crippen LogP contribution in [0.3, 0.4) is 0 Å². The van der Waals surface area contributed by atoms with Crippen molar-refractivity contribution in [2.45, 2.75) is 173 Å². The minimum absolute atomic E-state index is 0.0939. The summed E-state index contributed by atoms with van der Waals surface area (Å²) in [6.45, 7) is 11.9. The molecule has 2 heterocycles. The van der Waals surface area contributed by atoms with Crippen molar-refractivity contribution in [1.29, 1.82) is 0 Å². The summed E-state index contributed by atoms with van der Waals surface area (Å²) in [6, 6.07) is 11.5. The Labute approximate surface area is 389 Å². The van der Waals surface area contributed by atoms with Gasteiger partial charge in [-0.1, -0.05) is 101 Å². The normalized spacial score (nSPS) is 25.2. The topological polar surface area (TPSA) is 129 Å². The third-order valence-corrected chi connectivity index (χ3v) is 14.3. The minimum Gasteiger partial charge on any atom is -0.459 e. The van der Waals surface area contributed by atoms with Gasteiger partial charge < -0.3 is 43.6 Å². The van der Waals surface area contributed by atoms with E-state index < -0.39 is 30.1 Å². The lowest BCUT2D eigenvalue weighted by Crippen LogP contribution is -2.69. The van der Waals surface area contributed by atoms with Crippen LogP contribution >= 0.6 is 0 Å². The van der Waals surface area contributed by atoms with E-state index in [1.165, 1.54) is 50.5 Å². The average molecular weight is 901 g/mol. The molecule has 4 aliphatic rings. The maximum atomic E-state index is 14.3. The molecule has 2 aromatic carbocycles. The molecule has 6 rings (SSSR count). The number of aryl methyl sites for hydroxylation is 2. The number of carbonyl (C=O) groups is 1. The second-order valence-electron chi connectivity index (χ2n) is 18.9. The maximum Gasteiger partial charge on any atom is 0.409 e. The number of nitrogens with zero attached hydrogens (tertiary/aromatic N) is 2. The quantitative estimate of drug-likeness (QED) is 0.0511. The summed E-state index contributed by atoms with van der Waals surface area (Å²) in [6.07, 6.45) is 23.0. The number of likely N-dealkylation sites (N-methyl/N-ethyl adjacent to an activating group) is 1. The van der Waals surface area contributed by atoms with Crippen LogP contribution in [-0.2, 0) is 19.0 Å². The molecule has 11 heteroatoms. The minimum atomic E-state index is -1.36. The van der Waals surface area contributed by atoms with Gasteiger partial charge in [0.15, 0.2) is 0 Å². The lowest BCUT2D eigenvalue weighted by atomic mass is 9.55. The molecule has 0 spiro atoms. The van der Waals surface area contributed by atoms with E-state index in [-0.39, 0.29) is 37.6 Å². The lowest BCUT2D eigenvalue weighted by molar-refractivity contribution is -0.254. The predicted octanol–water partition coefficient (Wildman–Crippen LogP) is 12.2. The number of rotatable bonds is 27. The van der Waals surface area contributed by atoms with Crippen LogP contribution in [0, 0.1) is 31.6 Å². The molecule has 0 bridgehead atoms. The average Bonchev–Trinajstić information content (AvgIpc) is 3.31. The first kappa shape index (κ1) is 50.5. The van der Waals surface area contributed by atoms with Crippen molar-refractivity contribution in [1.82, 2.24) is 4.90 Å². The van der Waals surface area contributed by atoms with Gasteiger partial charge in [-0.25, -0.2) is 4.79 Å². The van der Waals surface area contributed by atoms with Crippen molar-refractivity contribution in [2.24, 2.45) is 22.9 Å². The Bertz CT molecular complexity index is 1860. The fraction of sp³-hybridized carbons (Fsp3) is 0.667. The zero-order chi connectivity index (χ0) is 46.0. The number of oxime groups is 1. The standard InChI is InChI=1S/C54H80N2O9/c1-6-8-9-10-11-12-13-14-15-21-34-61-53(59)56(5)49-38-47(55-65-50-25-18-22-33-60-50)45-36-41(23-16-19-30-57)44(24-17-20-31-58)51-46-37-43(63-42-27-26-39(3)40(4)35-42)28-29-48(46)64-54(49,52(45)51)62-32-7-2/h7,26-29,35-37,41,44,49-52,57-58H,2,6,8-25,30-34,38H2,1,3-5H3/t41-,44+,49-,50?,51+,52+,54+/m0/s1. The number of fused-ring (bicyclic) bond motifs is 2. The number of benzene rings is 2. The largest absolute Gasteiger partial charge is 0.459 e. The van der Waals surface area contributed by atoms with Crippen LogP contribution < -0.4 is 9.47 Å². The Morgan fingerprint density at radius 3 is 2.29 bits per heavy atom. The summed E-state index contributed by atoms with van der Waals surface area (Å²) in [4.78, 5) is 22.2. The molecule has 0 aromatic heterocycles. The molecule has 11 nitrogen and oxygen atoms in total. The van der Waals surface area contributed by atoms with Gasteiger partial charge in [-0.05, 0) is 118 Å². The first-order valence-corrected chi connectivity index (χ1v) is 25.2. The molecule has 1 amide bonds. The number of hydrogen-bond acceptors (Lipinski definition) is 10. The summed E-state index contributed by atoms with van der Waals surface area (Å²) >= 11 is 0. The first-order valence-electron chi connectivity index (χ1n) is 25.2. The number of ether oxygens (including phenoxy) is 5. The molecule has 2 aromatic rings. The second-order valence-corrected chi connectivity index (χ2v) is 18.9. The van der Waals surface area contributed by atoms with E-state index >= 15 is 0 Å². The zero-order valence-electron chi connectivity index (χ0n) is 40.1. The van der Waals surface area contributed by atoms with Crippen LogP contribution in [0.1, 0.15) is 158 Å². The smallest absolute Gasteiger partial charge is 0.409 e. The number of aliphatic hydroxyl groups excluding tert-OH is 2. The van der Waals surface area contributed by atoms with Crippen LogP contribution in [0.25, 0.3) is 0 Å². The number of allylic oxidation sites excluding steroid dienone is 1. The third-order valence-electron chi connectivity index (χ3n) is 14.3. The predicted molar refractivity (Wildman–Crippen MR) is 257 cm³/mol. The van der Waals surface area contributed by atoms with Gasteiger partial charge in [0.1, 0.15) is 23.3 Å². The van der Waals surface area contributed by atoms with E-state index in [9.17, 15) is 15.0 Å². The highest BCUT2D eigenvalue weighted by molar-refractivity contribution is 6.03. The van der Waals surface area contributed by atoms with E-state index in [1.54, 1.807) is 18.0 Å². The van der Waals surface area contributed by atoms with Gasteiger partial charge >= 0.3 is 6.09 Å². The summed E-state index contributed by atoms with van der Waals surface area (Å²) in [7, 11) is 1.79. The zero-order valence-corrected chi connectivity index (χ0v) is 40.1. The molecule has 0 radical (unpaired) electrons. The fourth-order valence-corrected chi connectivity index (χ4v) is 10.6. The Balaban J connectivity index is 1.39. The van der Waals surface area contributed by atoms with Gasteiger partial charge in [0.25, 0.3) is 0 Å². The van der Waals surface area contributed by atoms with Gasteiger partial charge in [-0.15, -0.1) is 6.58 Å². The van der Waals surface area contributed by atoms with Crippen molar-refractivity contribution in [2.75, 3.05) is 40.1 Å². The molecule has 7 atom stereocenters.